The van der Waals surface area contributed by atoms with E-state index in [-0.39, 0.29) is 6.61 Å². The number of hydrogen-bond acceptors (Lipinski definition) is 1. The van der Waals surface area contributed by atoms with Crippen LogP contribution in [0.5, 0.6) is 0 Å². The molecule has 0 aromatic carbocycles. The maximum atomic E-state index is 8.40. The highest BCUT2D eigenvalue weighted by molar-refractivity contribution is 5.15. The molecule has 1 nitrogen and oxygen atoms in total. The van der Waals surface area contributed by atoms with Crippen molar-refractivity contribution in [2.75, 3.05) is 6.61 Å². The lowest BCUT2D eigenvalue weighted by Crippen LogP contribution is -1.88. The number of aliphatic hydroxyl groups excluding tert-OH is 1. The van der Waals surface area contributed by atoms with Crippen LogP contribution in [-0.4, -0.2) is 11.7 Å². The third-order valence-corrected chi connectivity index (χ3v) is 1.95. The molecule has 0 bridgehead atoms. The van der Waals surface area contributed by atoms with Crippen LogP contribution in [0.4, 0.5) is 0 Å². The molecule has 0 saturated heterocycles. The van der Waals surface area contributed by atoms with Gasteiger partial charge in [-0.1, -0.05) is 51.0 Å². The van der Waals surface area contributed by atoms with Crippen molar-refractivity contribution in [1.82, 2.24) is 0 Å². The van der Waals surface area contributed by atoms with Crippen LogP contribution in [0.2, 0.25) is 0 Å². The molecule has 1 N–H and O–H groups in total. The molecule has 0 aliphatic rings. The van der Waals surface area contributed by atoms with Crippen LogP contribution in [0, 0.1) is 17.8 Å². The maximum Gasteiger partial charge on any atom is 0.104 e. The highest BCUT2D eigenvalue weighted by atomic mass is 16.2. The number of hydrogen-bond donors (Lipinski definition) is 1. The fraction of sp³-hybridized carbons (Fsp3) is 0.667. The average Bonchev–Trinajstić information content (AvgIpc) is 2.13. The van der Waals surface area contributed by atoms with E-state index in [1.54, 1.807) is 0 Å². The molecular formula is C12H20O. The number of aliphatic hydroxyl groups is 1. The first kappa shape index (κ1) is 12.3. The minimum Gasteiger partial charge on any atom is -0.384 e. The standard InChI is InChI=1S/C12H20O/c1-3-4-6-9-12(2)10-7-5-8-11-13/h7,10,12-13H,3-4,6,9,11H2,1-2H3. The van der Waals surface area contributed by atoms with Gasteiger partial charge in [0.25, 0.3) is 0 Å². The molecule has 0 fully saturated rings. The second-order valence-electron chi connectivity index (χ2n) is 3.31. The lowest BCUT2D eigenvalue weighted by Gasteiger charge is -2.03. The van der Waals surface area contributed by atoms with Crippen molar-refractivity contribution in [2.45, 2.75) is 39.5 Å². The molecule has 1 heteroatoms. The molecule has 74 valence electrons. The van der Waals surface area contributed by atoms with E-state index in [1.165, 1.54) is 25.7 Å². The summed E-state index contributed by atoms with van der Waals surface area (Å²) >= 11 is 0. The highest BCUT2D eigenvalue weighted by Gasteiger charge is 1.94. The minimum absolute atomic E-state index is 0.0471. The largest absolute Gasteiger partial charge is 0.384 e. The first-order valence-corrected chi connectivity index (χ1v) is 5.07. The summed E-state index contributed by atoms with van der Waals surface area (Å²) in [5.41, 5.74) is 0. The van der Waals surface area contributed by atoms with Gasteiger partial charge in [0.2, 0.25) is 0 Å². The summed E-state index contributed by atoms with van der Waals surface area (Å²) in [6.45, 7) is 4.37. The van der Waals surface area contributed by atoms with E-state index in [9.17, 15) is 0 Å². The summed E-state index contributed by atoms with van der Waals surface area (Å²) in [5.74, 6) is 5.98. The molecule has 0 aromatic heterocycles. The van der Waals surface area contributed by atoms with E-state index in [1.807, 2.05) is 6.08 Å². The second-order valence-corrected chi connectivity index (χ2v) is 3.31. The Hall–Kier alpha value is -0.740. The number of allylic oxidation sites excluding steroid dienone is 2. The van der Waals surface area contributed by atoms with Crippen molar-refractivity contribution in [3.05, 3.63) is 12.2 Å². The minimum atomic E-state index is -0.0471. The highest BCUT2D eigenvalue weighted by Crippen LogP contribution is 2.09. The van der Waals surface area contributed by atoms with Crippen molar-refractivity contribution >= 4 is 0 Å². The van der Waals surface area contributed by atoms with Gasteiger partial charge in [0, 0.05) is 0 Å². The summed E-state index contributed by atoms with van der Waals surface area (Å²) in [6, 6.07) is 0. The summed E-state index contributed by atoms with van der Waals surface area (Å²) in [6.07, 6.45) is 9.09. The van der Waals surface area contributed by atoms with Gasteiger partial charge in [-0.2, -0.15) is 0 Å². The van der Waals surface area contributed by atoms with E-state index < -0.39 is 0 Å². The van der Waals surface area contributed by atoms with Crippen LogP contribution in [-0.2, 0) is 0 Å². The van der Waals surface area contributed by atoms with Gasteiger partial charge >= 0.3 is 0 Å². The van der Waals surface area contributed by atoms with E-state index in [0.29, 0.717) is 5.92 Å². The average molecular weight is 180 g/mol. The van der Waals surface area contributed by atoms with E-state index in [0.717, 1.165) is 0 Å². The van der Waals surface area contributed by atoms with E-state index >= 15 is 0 Å². The Morgan fingerprint density at radius 1 is 1.38 bits per heavy atom. The normalized spacial score (nSPS) is 12.5. The summed E-state index contributed by atoms with van der Waals surface area (Å²) < 4.78 is 0. The third-order valence-electron chi connectivity index (χ3n) is 1.95. The topological polar surface area (TPSA) is 20.2 Å². The fourth-order valence-electron chi connectivity index (χ4n) is 1.13. The Kier molecular flexibility index (Phi) is 8.82. The van der Waals surface area contributed by atoms with Gasteiger partial charge in [-0.25, -0.2) is 0 Å². The monoisotopic (exact) mass is 180 g/mol. The first-order valence-electron chi connectivity index (χ1n) is 5.07. The zero-order valence-corrected chi connectivity index (χ0v) is 8.71. The summed E-state index contributed by atoms with van der Waals surface area (Å²) in [5, 5.41) is 8.40. The zero-order chi connectivity index (χ0) is 9.94. The smallest absolute Gasteiger partial charge is 0.104 e. The lowest BCUT2D eigenvalue weighted by atomic mass is 10.0. The van der Waals surface area contributed by atoms with Crippen LogP contribution in [0.1, 0.15) is 39.5 Å². The molecule has 0 aliphatic heterocycles. The van der Waals surface area contributed by atoms with Crippen molar-refractivity contribution in [1.29, 1.82) is 0 Å². The van der Waals surface area contributed by atoms with Crippen LogP contribution in [0.15, 0.2) is 12.2 Å². The van der Waals surface area contributed by atoms with Crippen molar-refractivity contribution in [2.24, 2.45) is 5.92 Å². The molecule has 0 saturated carbocycles. The maximum absolute atomic E-state index is 8.40. The van der Waals surface area contributed by atoms with Gasteiger partial charge in [-0.3, -0.25) is 0 Å². The van der Waals surface area contributed by atoms with Crippen molar-refractivity contribution < 1.29 is 5.11 Å². The van der Waals surface area contributed by atoms with E-state index in [4.69, 9.17) is 5.11 Å². The van der Waals surface area contributed by atoms with Crippen molar-refractivity contribution in [3.63, 3.8) is 0 Å². The van der Waals surface area contributed by atoms with Gasteiger partial charge in [0.15, 0.2) is 0 Å². The molecule has 13 heavy (non-hydrogen) atoms. The quantitative estimate of drug-likeness (QED) is 0.509. The molecule has 0 rings (SSSR count). The Morgan fingerprint density at radius 3 is 2.77 bits per heavy atom. The predicted octanol–water partition coefficient (Wildman–Crippen LogP) is 2.75. The van der Waals surface area contributed by atoms with Gasteiger partial charge < -0.3 is 5.11 Å². The van der Waals surface area contributed by atoms with Gasteiger partial charge in [0.1, 0.15) is 6.61 Å². The number of unbranched alkanes of at least 4 members (excludes halogenated alkanes) is 2. The fourth-order valence-corrected chi connectivity index (χ4v) is 1.13. The van der Waals surface area contributed by atoms with Crippen molar-refractivity contribution in [3.8, 4) is 11.8 Å². The Morgan fingerprint density at radius 2 is 2.15 bits per heavy atom. The first-order chi connectivity index (χ1) is 6.31. The zero-order valence-electron chi connectivity index (χ0n) is 8.71. The SMILES string of the molecule is CCCCCC(C)C=CC#CCO. The Balaban J connectivity index is 3.48. The Bertz CT molecular complexity index is 183. The second kappa shape index (κ2) is 9.35. The lowest BCUT2D eigenvalue weighted by molar-refractivity contribution is 0.350. The van der Waals surface area contributed by atoms with Crippen LogP contribution in [0.25, 0.3) is 0 Å². The molecule has 0 amide bonds. The number of rotatable bonds is 5. The van der Waals surface area contributed by atoms with E-state index in [2.05, 4.69) is 31.8 Å². The van der Waals surface area contributed by atoms with Crippen LogP contribution < -0.4 is 0 Å². The molecule has 0 spiro atoms. The molecule has 0 aromatic rings. The third kappa shape index (κ3) is 9.17. The Labute approximate surface area is 81.9 Å². The van der Waals surface area contributed by atoms with Gasteiger partial charge in [-0.15, -0.1) is 0 Å². The summed E-state index contributed by atoms with van der Waals surface area (Å²) in [4.78, 5) is 0. The molecule has 1 unspecified atom stereocenters. The molecule has 0 aliphatic carbocycles. The van der Waals surface area contributed by atoms with Crippen LogP contribution >= 0.6 is 0 Å². The molecule has 0 heterocycles. The molecule has 0 radical (unpaired) electrons. The summed E-state index contributed by atoms with van der Waals surface area (Å²) in [7, 11) is 0. The van der Waals surface area contributed by atoms with Gasteiger partial charge in [0.05, 0.1) is 0 Å². The molecule has 1 atom stereocenters. The van der Waals surface area contributed by atoms with Gasteiger partial charge in [-0.05, 0) is 18.4 Å². The predicted molar refractivity (Wildman–Crippen MR) is 57.3 cm³/mol. The molecular weight excluding hydrogens is 160 g/mol. The van der Waals surface area contributed by atoms with Crippen LogP contribution in [0.3, 0.4) is 0 Å².